The first-order chi connectivity index (χ1) is 8.56. The van der Waals surface area contributed by atoms with Gasteiger partial charge < -0.3 is 5.32 Å². The summed E-state index contributed by atoms with van der Waals surface area (Å²) >= 11 is 0. The quantitative estimate of drug-likeness (QED) is 0.703. The molecular formula is C15H23F2N. The molecule has 0 aromatic heterocycles. The van der Waals surface area contributed by atoms with Crippen LogP contribution in [0.15, 0.2) is 18.2 Å². The third-order valence-electron chi connectivity index (χ3n) is 3.22. The maximum atomic E-state index is 13.6. The molecule has 1 nitrogen and oxygen atoms in total. The number of halogens is 2. The van der Waals surface area contributed by atoms with Crippen molar-refractivity contribution < 1.29 is 8.78 Å². The second kappa shape index (κ2) is 7.47. The van der Waals surface area contributed by atoms with Crippen LogP contribution in [0.1, 0.15) is 58.1 Å². The Morgan fingerprint density at radius 2 is 1.89 bits per heavy atom. The molecule has 102 valence electrons. The monoisotopic (exact) mass is 255 g/mol. The topological polar surface area (TPSA) is 12.0 Å². The van der Waals surface area contributed by atoms with E-state index >= 15 is 0 Å². The highest BCUT2D eigenvalue weighted by atomic mass is 19.2. The molecule has 0 aliphatic carbocycles. The fourth-order valence-electron chi connectivity index (χ4n) is 2.16. The minimum Gasteiger partial charge on any atom is -0.308 e. The lowest BCUT2D eigenvalue weighted by molar-refractivity contribution is 0.420. The molecule has 0 bridgehead atoms. The molecule has 0 amide bonds. The van der Waals surface area contributed by atoms with E-state index < -0.39 is 11.6 Å². The average molecular weight is 255 g/mol. The Morgan fingerprint density at radius 1 is 1.17 bits per heavy atom. The normalized spacial score (nSPS) is 14.5. The van der Waals surface area contributed by atoms with Gasteiger partial charge in [0.15, 0.2) is 11.6 Å². The van der Waals surface area contributed by atoms with E-state index in [0.717, 1.165) is 12.5 Å². The second-order valence-electron chi connectivity index (χ2n) is 4.93. The SMILES string of the molecule is CCCCCC(C)NC(C)c1cccc(F)c1F. The van der Waals surface area contributed by atoms with E-state index in [0.29, 0.717) is 11.6 Å². The van der Waals surface area contributed by atoms with Crippen molar-refractivity contribution in [2.45, 2.75) is 58.5 Å². The molecular weight excluding hydrogens is 232 g/mol. The number of hydrogen-bond acceptors (Lipinski definition) is 1. The van der Waals surface area contributed by atoms with Gasteiger partial charge in [-0.05, 0) is 26.3 Å². The summed E-state index contributed by atoms with van der Waals surface area (Å²) in [6.45, 7) is 6.13. The highest BCUT2D eigenvalue weighted by Crippen LogP contribution is 2.20. The number of benzene rings is 1. The number of rotatable bonds is 7. The van der Waals surface area contributed by atoms with Crippen LogP contribution in [0.5, 0.6) is 0 Å². The molecule has 0 aliphatic heterocycles. The molecule has 0 fully saturated rings. The Kier molecular flexibility index (Phi) is 6.27. The van der Waals surface area contributed by atoms with Crippen LogP contribution >= 0.6 is 0 Å². The third kappa shape index (κ3) is 4.37. The van der Waals surface area contributed by atoms with Crippen LogP contribution in [-0.4, -0.2) is 6.04 Å². The predicted octanol–water partition coefficient (Wildman–Crippen LogP) is 4.58. The molecule has 2 unspecified atom stereocenters. The maximum Gasteiger partial charge on any atom is 0.163 e. The average Bonchev–Trinajstić information content (AvgIpc) is 2.32. The standard InChI is InChI=1S/C15H23F2N/c1-4-5-6-8-11(2)18-12(3)13-9-7-10-14(16)15(13)17/h7,9-12,18H,4-6,8H2,1-3H3. The minimum absolute atomic E-state index is 0.169. The van der Waals surface area contributed by atoms with Crippen molar-refractivity contribution in [3.8, 4) is 0 Å². The van der Waals surface area contributed by atoms with Gasteiger partial charge in [-0.15, -0.1) is 0 Å². The lowest BCUT2D eigenvalue weighted by atomic mass is 10.0. The molecule has 1 aromatic carbocycles. The highest BCUT2D eigenvalue weighted by Gasteiger charge is 2.15. The van der Waals surface area contributed by atoms with Crippen LogP contribution in [-0.2, 0) is 0 Å². The summed E-state index contributed by atoms with van der Waals surface area (Å²) in [5, 5.41) is 3.32. The van der Waals surface area contributed by atoms with E-state index in [9.17, 15) is 8.78 Å². The van der Waals surface area contributed by atoms with E-state index in [-0.39, 0.29) is 6.04 Å². The van der Waals surface area contributed by atoms with Crippen molar-refractivity contribution in [1.82, 2.24) is 5.32 Å². The van der Waals surface area contributed by atoms with Gasteiger partial charge in [0, 0.05) is 17.6 Å². The largest absolute Gasteiger partial charge is 0.308 e. The van der Waals surface area contributed by atoms with Gasteiger partial charge in [0.1, 0.15) is 0 Å². The van der Waals surface area contributed by atoms with Crippen LogP contribution in [0.25, 0.3) is 0 Å². The molecule has 0 aliphatic rings. The van der Waals surface area contributed by atoms with Gasteiger partial charge in [-0.1, -0.05) is 38.3 Å². The molecule has 0 heterocycles. The van der Waals surface area contributed by atoms with Crippen LogP contribution in [0.4, 0.5) is 8.78 Å². The summed E-state index contributed by atoms with van der Waals surface area (Å²) in [7, 11) is 0. The Morgan fingerprint density at radius 3 is 2.56 bits per heavy atom. The maximum absolute atomic E-state index is 13.6. The van der Waals surface area contributed by atoms with E-state index in [1.165, 1.54) is 19.3 Å². The molecule has 1 aromatic rings. The number of nitrogens with one attached hydrogen (secondary N) is 1. The van der Waals surface area contributed by atoms with Crippen LogP contribution < -0.4 is 5.32 Å². The van der Waals surface area contributed by atoms with Crippen molar-refractivity contribution in [1.29, 1.82) is 0 Å². The zero-order valence-electron chi connectivity index (χ0n) is 11.5. The zero-order valence-corrected chi connectivity index (χ0v) is 11.5. The fraction of sp³-hybridized carbons (Fsp3) is 0.600. The van der Waals surface area contributed by atoms with Gasteiger partial charge in [-0.3, -0.25) is 0 Å². The second-order valence-corrected chi connectivity index (χ2v) is 4.93. The molecule has 0 spiro atoms. The predicted molar refractivity (Wildman–Crippen MR) is 71.5 cm³/mol. The zero-order chi connectivity index (χ0) is 13.5. The van der Waals surface area contributed by atoms with Gasteiger partial charge in [-0.25, -0.2) is 8.78 Å². The van der Waals surface area contributed by atoms with Gasteiger partial charge >= 0.3 is 0 Å². The minimum atomic E-state index is -0.778. The van der Waals surface area contributed by atoms with Crippen molar-refractivity contribution >= 4 is 0 Å². The van der Waals surface area contributed by atoms with E-state index in [2.05, 4.69) is 19.2 Å². The van der Waals surface area contributed by atoms with Gasteiger partial charge in [0.05, 0.1) is 0 Å². The molecule has 3 heteroatoms. The lowest BCUT2D eigenvalue weighted by Gasteiger charge is -2.20. The summed E-state index contributed by atoms with van der Waals surface area (Å²) in [4.78, 5) is 0. The van der Waals surface area contributed by atoms with Gasteiger partial charge in [0.25, 0.3) is 0 Å². The first-order valence-electron chi connectivity index (χ1n) is 6.76. The van der Waals surface area contributed by atoms with Crippen LogP contribution in [0, 0.1) is 11.6 Å². The first kappa shape index (κ1) is 15.1. The Bertz CT molecular complexity index is 366. The summed E-state index contributed by atoms with van der Waals surface area (Å²) < 4.78 is 26.7. The van der Waals surface area contributed by atoms with E-state index in [4.69, 9.17) is 0 Å². The summed E-state index contributed by atoms with van der Waals surface area (Å²) in [6.07, 6.45) is 4.65. The molecule has 18 heavy (non-hydrogen) atoms. The van der Waals surface area contributed by atoms with Crippen molar-refractivity contribution in [3.05, 3.63) is 35.4 Å². The summed E-state index contributed by atoms with van der Waals surface area (Å²) in [5.41, 5.74) is 0.400. The fourth-order valence-corrected chi connectivity index (χ4v) is 2.16. The number of hydrogen-bond donors (Lipinski definition) is 1. The van der Waals surface area contributed by atoms with Crippen molar-refractivity contribution in [3.63, 3.8) is 0 Å². The summed E-state index contributed by atoms with van der Waals surface area (Å²) in [6, 6.07) is 4.48. The molecule has 1 rings (SSSR count). The molecule has 2 atom stereocenters. The first-order valence-corrected chi connectivity index (χ1v) is 6.76. The van der Waals surface area contributed by atoms with Crippen LogP contribution in [0.3, 0.4) is 0 Å². The number of unbranched alkanes of at least 4 members (excludes halogenated alkanes) is 2. The lowest BCUT2D eigenvalue weighted by Crippen LogP contribution is -2.29. The Balaban J connectivity index is 2.54. The summed E-state index contributed by atoms with van der Waals surface area (Å²) in [5.74, 6) is -1.52. The molecule has 1 N–H and O–H groups in total. The van der Waals surface area contributed by atoms with Gasteiger partial charge in [-0.2, -0.15) is 0 Å². The Labute approximate surface area is 109 Å². The van der Waals surface area contributed by atoms with E-state index in [1.54, 1.807) is 12.1 Å². The van der Waals surface area contributed by atoms with E-state index in [1.807, 2.05) is 6.92 Å². The smallest absolute Gasteiger partial charge is 0.163 e. The highest BCUT2D eigenvalue weighted by molar-refractivity contribution is 5.22. The third-order valence-corrected chi connectivity index (χ3v) is 3.22. The Hall–Kier alpha value is -0.960. The van der Waals surface area contributed by atoms with Gasteiger partial charge in [0.2, 0.25) is 0 Å². The molecule has 0 saturated carbocycles. The van der Waals surface area contributed by atoms with Crippen molar-refractivity contribution in [2.24, 2.45) is 0 Å². The molecule has 0 radical (unpaired) electrons. The molecule has 0 saturated heterocycles. The van der Waals surface area contributed by atoms with Crippen LogP contribution in [0.2, 0.25) is 0 Å². The van der Waals surface area contributed by atoms with Crippen molar-refractivity contribution in [2.75, 3.05) is 0 Å².